The molecular weight excluding hydrogens is 256 g/mol. The van der Waals surface area contributed by atoms with Gasteiger partial charge in [-0.15, -0.1) is 0 Å². The molecule has 0 spiro atoms. The third-order valence-corrected chi connectivity index (χ3v) is 4.14. The highest BCUT2D eigenvalue weighted by atomic mass is 16.1. The van der Waals surface area contributed by atoms with E-state index in [9.17, 15) is 4.79 Å². The van der Waals surface area contributed by atoms with Gasteiger partial charge in [0.15, 0.2) is 5.78 Å². The fourth-order valence-electron chi connectivity index (χ4n) is 2.98. The van der Waals surface area contributed by atoms with Crippen molar-refractivity contribution in [2.24, 2.45) is 0 Å². The number of ketones is 1. The first-order valence-electron chi connectivity index (χ1n) is 7.66. The quantitative estimate of drug-likeness (QED) is 0.751. The molecule has 1 heteroatoms. The van der Waals surface area contributed by atoms with Crippen LogP contribution in [0.15, 0.2) is 54.1 Å². The van der Waals surface area contributed by atoms with Crippen molar-refractivity contribution in [3.05, 3.63) is 76.4 Å². The molecule has 0 heterocycles. The molecule has 1 aliphatic rings. The first-order valence-corrected chi connectivity index (χ1v) is 7.66. The van der Waals surface area contributed by atoms with Crippen LogP contribution in [0.4, 0.5) is 0 Å². The number of benzene rings is 2. The Labute approximate surface area is 126 Å². The number of carbonyl (C=O) groups is 1. The maximum atomic E-state index is 12.7. The van der Waals surface area contributed by atoms with Gasteiger partial charge in [0, 0.05) is 11.1 Å². The van der Waals surface area contributed by atoms with Gasteiger partial charge in [0.25, 0.3) is 0 Å². The lowest BCUT2D eigenvalue weighted by molar-refractivity contribution is 0.103. The summed E-state index contributed by atoms with van der Waals surface area (Å²) in [6, 6.07) is 16.5. The van der Waals surface area contributed by atoms with Crippen molar-refractivity contribution in [1.29, 1.82) is 0 Å². The summed E-state index contributed by atoms with van der Waals surface area (Å²) in [4.78, 5) is 12.7. The number of hydrogen-bond donors (Lipinski definition) is 0. The standard InChI is InChI=1S/C20H20O/c1-3-4-7-18-19(15-12-10-14(2)11-13-15)16-8-5-6-9-17(16)20(18)21/h5-6,8-13H,3-4,7H2,1-2H3. The van der Waals surface area contributed by atoms with E-state index in [2.05, 4.69) is 44.2 Å². The summed E-state index contributed by atoms with van der Waals surface area (Å²) < 4.78 is 0. The lowest BCUT2D eigenvalue weighted by Crippen LogP contribution is -1.98. The van der Waals surface area contributed by atoms with Gasteiger partial charge in [-0.25, -0.2) is 0 Å². The van der Waals surface area contributed by atoms with Gasteiger partial charge in [0.05, 0.1) is 0 Å². The Morgan fingerprint density at radius 3 is 2.24 bits per heavy atom. The zero-order valence-electron chi connectivity index (χ0n) is 12.6. The van der Waals surface area contributed by atoms with Crippen molar-refractivity contribution in [1.82, 2.24) is 0 Å². The SMILES string of the molecule is CCCCC1=C(c2ccc(C)cc2)c2ccccc2C1=O. The van der Waals surface area contributed by atoms with Crippen LogP contribution in [0.2, 0.25) is 0 Å². The molecule has 0 saturated heterocycles. The average Bonchev–Trinajstić information content (AvgIpc) is 2.79. The fraction of sp³-hybridized carbons (Fsp3) is 0.250. The van der Waals surface area contributed by atoms with E-state index in [0.717, 1.165) is 47.1 Å². The minimum absolute atomic E-state index is 0.217. The van der Waals surface area contributed by atoms with Gasteiger partial charge in [0.2, 0.25) is 0 Å². The van der Waals surface area contributed by atoms with Crippen LogP contribution in [0.25, 0.3) is 5.57 Å². The van der Waals surface area contributed by atoms with Crippen molar-refractivity contribution in [2.75, 3.05) is 0 Å². The number of Topliss-reactive ketones (excluding diaryl/α,β-unsaturated/α-hetero) is 1. The zero-order chi connectivity index (χ0) is 14.8. The molecule has 0 atom stereocenters. The van der Waals surface area contributed by atoms with Gasteiger partial charge in [-0.3, -0.25) is 4.79 Å². The van der Waals surface area contributed by atoms with Crippen LogP contribution in [-0.4, -0.2) is 5.78 Å². The second-order valence-electron chi connectivity index (χ2n) is 5.70. The normalized spacial score (nSPS) is 13.7. The molecule has 0 amide bonds. The Balaban J connectivity index is 2.16. The zero-order valence-corrected chi connectivity index (χ0v) is 12.6. The van der Waals surface area contributed by atoms with Gasteiger partial charge in [-0.2, -0.15) is 0 Å². The molecule has 0 fully saturated rings. The Morgan fingerprint density at radius 1 is 0.905 bits per heavy atom. The number of hydrogen-bond acceptors (Lipinski definition) is 1. The molecule has 0 radical (unpaired) electrons. The van der Waals surface area contributed by atoms with Gasteiger partial charge in [0.1, 0.15) is 0 Å². The lowest BCUT2D eigenvalue weighted by atomic mass is 9.95. The van der Waals surface area contributed by atoms with Crippen LogP contribution in [-0.2, 0) is 0 Å². The molecule has 0 bridgehead atoms. The van der Waals surface area contributed by atoms with E-state index in [0.29, 0.717) is 0 Å². The van der Waals surface area contributed by atoms with Crippen LogP contribution in [0.3, 0.4) is 0 Å². The molecule has 0 unspecified atom stereocenters. The van der Waals surface area contributed by atoms with Gasteiger partial charge >= 0.3 is 0 Å². The van der Waals surface area contributed by atoms with E-state index < -0.39 is 0 Å². The molecule has 2 aromatic carbocycles. The average molecular weight is 276 g/mol. The number of carbonyl (C=O) groups excluding carboxylic acids is 1. The summed E-state index contributed by atoms with van der Waals surface area (Å²) in [5.74, 6) is 0.217. The predicted molar refractivity (Wildman–Crippen MR) is 87.5 cm³/mol. The summed E-state index contributed by atoms with van der Waals surface area (Å²) in [5, 5.41) is 0. The highest BCUT2D eigenvalue weighted by Crippen LogP contribution is 2.39. The molecule has 1 aliphatic carbocycles. The molecule has 2 aromatic rings. The van der Waals surface area contributed by atoms with E-state index >= 15 is 0 Å². The number of allylic oxidation sites excluding steroid dienone is 1. The number of unbranched alkanes of at least 4 members (excludes halogenated alkanes) is 1. The van der Waals surface area contributed by atoms with Gasteiger partial charge in [-0.1, -0.05) is 67.4 Å². The molecule has 1 nitrogen and oxygen atoms in total. The number of aryl methyl sites for hydroxylation is 1. The first kappa shape index (κ1) is 13.8. The van der Waals surface area contributed by atoms with Crippen molar-refractivity contribution in [3.63, 3.8) is 0 Å². The fourth-order valence-corrected chi connectivity index (χ4v) is 2.98. The number of fused-ring (bicyclic) bond motifs is 1. The van der Waals surface area contributed by atoms with Gasteiger partial charge < -0.3 is 0 Å². The molecule has 0 aromatic heterocycles. The Hall–Kier alpha value is -2.15. The van der Waals surface area contributed by atoms with E-state index in [1.54, 1.807) is 0 Å². The minimum atomic E-state index is 0.217. The minimum Gasteiger partial charge on any atom is -0.289 e. The Morgan fingerprint density at radius 2 is 1.57 bits per heavy atom. The first-order chi connectivity index (χ1) is 10.2. The smallest absolute Gasteiger partial charge is 0.190 e. The van der Waals surface area contributed by atoms with Crippen molar-refractivity contribution < 1.29 is 4.79 Å². The molecule has 0 N–H and O–H groups in total. The second-order valence-corrected chi connectivity index (χ2v) is 5.70. The van der Waals surface area contributed by atoms with Crippen molar-refractivity contribution in [2.45, 2.75) is 33.1 Å². The van der Waals surface area contributed by atoms with Crippen LogP contribution >= 0.6 is 0 Å². The molecule has 0 aliphatic heterocycles. The molecule has 0 saturated carbocycles. The second kappa shape index (κ2) is 5.69. The maximum absolute atomic E-state index is 12.7. The topological polar surface area (TPSA) is 17.1 Å². The monoisotopic (exact) mass is 276 g/mol. The third kappa shape index (κ3) is 2.44. The summed E-state index contributed by atoms with van der Waals surface area (Å²) in [7, 11) is 0. The molecular formula is C20H20O. The van der Waals surface area contributed by atoms with Crippen molar-refractivity contribution >= 4 is 11.4 Å². The van der Waals surface area contributed by atoms with Gasteiger partial charge in [-0.05, 0) is 36.5 Å². The highest BCUT2D eigenvalue weighted by molar-refractivity contribution is 6.22. The highest BCUT2D eigenvalue weighted by Gasteiger charge is 2.29. The van der Waals surface area contributed by atoms with E-state index in [-0.39, 0.29) is 5.78 Å². The van der Waals surface area contributed by atoms with Crippen LogP contribution in [0.1, 0.15) is 53.2 Å². The summed E-state index contributed by atoms with van der Waals surface area (Å²) >= 11 is 0. The maximum Gasteiger partial charge on any atom is 0.190 e. The predicted octanol–water partition coefficient (Wildman–Crippen LogP) is 5.18. The summed E-state index contributed by atoms with van der Waals surface area (Å²) in [5.41, 5.74) is 6.49. The molecule has 21 heavy (non-hydrogen) atoms. The number of rotatable bonds is 4. The van der Waals surface area contributed by atoms with Crippen LogP contribution < -0.4 is 0 Å². The Bertz CT molecular complexity index is 705. The largest absolute Gasteiger partial charge is 0.289 e. The third-order valence-electron chi connectivity index (χ3n) is 4.14. The van der Waals surface area contributed by atoms with E-state index in [4.69, 9.17) is 0 Å². The molecule has 3 rings (SSSR count). The van der Waals surface area contributed by atoms with Crippen LogP contribution in [0.5, 0.6) is 0 Å². The Kier molecular flexibility index (Phi) is 3.74. The summed E-state index contributed by atoms with van der Waals surface area (Å²) in [6.07, 6.45) is 3.03. The van der Waals surface area contributed by atoms with E-state index in [1.165, 1.54) is 5.56 Å². The lowest BCUT2D eigenvalue weighted by Gasteiger charge is -2.08. The van der Waals surface area contributed by atoms with Crippen LogP contribution in [0, 0.1) is 6.92 Å². The molecule has 106 valence electrons. The van der Waals surface area contributed by atoms with E-state index in [1.807, 2.05) is 18.2 Å². The summed E-state index contributed by atoms with van der Waals surface area (Å²) in [6.45, 7) is 4.25. The van der Waals surface area contributed by atoms with Crippen molar-refractivity contribution in [3.8, 4) is 0 Å².